The fraction of sp³-hybridized carbons (Fsp3) is 0.833. The van der Waals surface area contributed by atoms with E-state index in [1.165, 1.54) is 19.3 Å². The van der Waals surface area contributed by atoms with Crippen LogP contribution in [-0.2, 0) is 4.79 Å². The van der Waals surface area contributed by atoms with Crippen LogP contribution in [0.25, 0.3) is 0 Å². The predicted molar refractivity (Wildman–Crippen MR) is 58.7 cm³/mol. The van der Waals surface area contributed by atoms with Crippen LogP contribution in [0.4, 0.5) is 0 Å². The molecule has 2 fully saturated rings. The van der Waals surface area contributed by atoms with E-state index in [2.05, 4.69) is 0 Å². The summed E-state index contributed by atoms with van der Waals surface area (Å²) in [5.41, 5.74) is 0. The number of carbonyl (C=O) groups is 1. The van der Waals surface area contributed by atoms with Crippen molar-refractivity contribution in [2.75, 3.05) is 6.54 Å². The predicted octanol–water partition coefficient (Wildman–Crippen LogP) is 1.97. The van der Waals surface area contributed by atoms with Gasteiger partial charge < -0.3 is 4.90 Å². The standard InChI is InChI=1S/C12H18N2O/c15-12-9-5-1-2-6-10(9)13-11-7-3-4-8-14(11)12/h9-10H,1-8H2. The van der Waals surface area contributed by atoms with Gasteiger partial charge in [0.2, 0.25) is 5.91 Å². The third kappa shape index (κ3) is 1.48. The Bertz CT molecular complexity index is 311. The Morgan fingerprint density at radius 3 is 2.93 bits per heavy atom. The molecule has 0 bridgehead atoms. The van der Waals surface area contributed by atoms with Gasteiger partial charge in [0.25, 0.3) is 0 Å². The number of amides is 1. The van der Waals surface area contributed by atoms with Crippen molar-refractivity contribution in [3.05, 3.63) is 0 Å². The van der Waals surface area contributed by atoms with Crippen LogP contribution in [0.1, 0.15) is 44.9 Å². The monoisotopic (exact) mass is 206 g/mol. The van der Waals surface area contributed by atoms with Crippen molar-refractivity contribution in [1.82, 2.24) is 4.90 Å². The summed E-state index contributed by atoms with van der Waals surface area (Å²) in [6.45, 7) is 0.918. The topological polar surface area (TPSA) is 32.7 Å². The molecule has 3 nitrogen and oxygen atoms in total. The molecule has 15 heavy (non-hydrogen) atoms. The van der Waals surface area contributed by atoms with Gasteiger partial charge in [0, 0.05) is 13.0 Å². The lowest BCUT2D eigenvalue weighted by molar-refractivity contribution is -0.134. The lowest BCUT2D eigenvalue weighted by atomic mass is 9.82. The fourth-order valence-corrected chi connectivity index (χ4v) is 3.13. The molecule has 0 spiro atoms. The van der Waals surface area contributed by atoms with Gasteiger partial charge >= 0.3 is 0 Å². The number of carbonyl (C=O) groups excluding carboxylic acids is 1. The van der Waals surface area contributed by atoms with Crippen molar-refractivity contribution in [1.29, 1.82) is 0 Å². The largest absolute Gasteiger partial charge is 0.300 e. The number of rotatable bonds is 0. The zero-order valence-electron chi connectivity index (χ0n) is 9.11. The van der Waals surface area contributed by atoms with Crippen molar-refractivity contribution in [2.24, 2.45) is 10.9 Å². The van der Waals surface area contributed by atoms with Gasteiger partial charge in [-0.25, -0.2) is 0 Å². The number of aliphatic imine (C=N–C) groups is 1. The Morgan fingerprint density at radius 2 is 2.00 bits per heavy atom. The van der Waals surface area contributed by atoms with E-state index in [1.807, 2.05) is 4.90 Å². The molecule has 82 valence electrons. The summed E-state index contributed by atoms with van der Waals surface area (Å²) in [5.74, 6) is 1.69. The van der Waals surface area contributed by atoms with Crippen molar-refractivity contribution >= 4 is 11.7 Å². The second kappa shape index (κ2) is 3.62. The SMILES string of the molecule is O=C1C2CCCCC2N=C2CCCCN12. The molecule has 3 aliphatic rings. The Morgan fingerprint density at radius 1 is 1.13 bits per heavy atom. The van der Waals surface area contributed by atoms with E-state index in [0.717, 1.165) is 38.1 Å². The Kier molecular flexibility index (Phi) is 2.26. The van der Waals surface area contributed by atoms with E-state index in [1.54, 1.807) is 0 Å². The van der Waals surface area contributed by atoms with Crippen molar-refractivity contribution in [3.8, 4) is 0 Å². The molecule has 1 saturated heterocycles. The minimum Gasteiger partial charge on any atom is -0.300 e. The molecular formula is C12H18N2O. The zero-order chi connectivity index (χ0) is 10.3. The normalized spacial score (nSPS) is 35.6. The highest BCUT2D eigenvalue weighted by molar-refractivity contribution is 6.01. The van der Waals surface area contributed by atoms with Gasteiger partial charge in [-0.3, -0.25) is 9.79 Å². The third-order valence-corrected chi connectivity index (χ3v) is 3.97. The second-order valence-corrected chi connectivity index (χ2v) is 4.95. The summed E-state index contributed by atoms with van der Waals surface area (Å²) >= 11 is 0. The summed E-state index contributed by atoms with van der Waals surface area (Å²) in [6, 6.07) is 0.329. The summed E-state index contributed by atoms with van der Waals surface area (Å²) in [6.07, 6.45) is 8.05. The number of hydrogen-bond donors (Lipinski definition) is 0. The van der Waals surface area contributed by atoms with Crippen LogP contribution in [0.5, 0.6) is 0 Å². The lowest BCUT2D eigenvalue weighted by Crippen LogP contribution is -2.51. The van der Waals surface area contributed by atoms with Crippen molar-refractivity contribution in [2.45, 2.75) is 51.0 Å². The molecule has 0 aromatic carbocycles. The molecule has 2 aliphatic heterocycles. The van der Waals surface area contributed by atoms with Crippen LogP contribution in [0, 0.1) is 5.92 Å². The maximum atomic E-state index is 12.2. The molecule has 1 aliphatic carbocycles. The van der Waals surface area contributed by atoms with E-state index in [9.17, 15) is 4.79 Å². The second-order valence-electron chi connectivity index (χ2n) is 4.95. The molecule has 2 heterocycles. The van der Waals surface area contributed by atoms with E-state index >= 15 is 0 Å². The van der Waals surface area contributed by atoms with Gasteiger partial charge in [-0.1, -0.05) is 12.8 Å². The molecule has 2 atom stereocenters. The first-order valence-corrected chi connectivity index (χ1v) is 6.24. The highest BCUT2D eigenvalue weighted by Crippen LogP contribution is 2.33. The van der Waals surface area contributed by atoms with Crippen LogP contribution in [0.3, 0.4) is 0 Å². The highest BCUT2D eigenvalue weighted by atomic mass is 16.2. The van der Waals surface area contributed by atoms with Gasteiger partial charge in [-0.2, -0.15) is 0 Å². The van der Waals surface area contributed by atoms with Crippen molar-refractivity contribution < 1.29 is 4.79 Å². The summed E-state index contributed by atoms with van der Waals surface area (Å²) in [5, 5.41) is 0. The Hall–Kier alpha value is -0.860. The maximum absolute atomic E-state index is 12.2. The number of hydrogen-bond acceptors (Lipinski definition) is 2. The Labute approximate surface area is 90.6 Å². The van der Waals surface area contributed by atoms with Gasteiger partial charge in [0.1, 0.15) is 5.84 Å². The number of fused-ring (bicyclic) bond motifs is 2. The van der Waals surface area contributed by atoms with Crippen LogP contribution in [0.2, 0.25) is 0 Å². The minimum atomic E-state index is 0.223. The average Bonchev–Trinajstić information content (AvgIpc) is 2.30. The Balaban J connectivity index is 1.90. The molecule has 0 aromatic heterocycles. The first kappa shape index (κ1) is 9.37. The molecule has 0 radical (unpaired) electrons. The third-order valence-electron chi connectivity index (χ3n) is 3.97. The molecular weight excluding hydrogens is 188 g/mol. The van der Waals surface area contributed by atoms with E-state index in [0.29, 0.717) is 11.9 Å². The lowest BCUT2D eigenvalue weighted by Gasteiger charge is -2.40. The van der Waals surface area contributed by atoms with Gasteiger partial charge in [-0.05, 0) is 25.7 Å². The van der Waals surface area contributed by atoms with Gasteiger partial charge in [0.15, 0.2) is 0 Å². The molecule has 1 saturated carbocycles. The number of nitrogens with zero attached hydrogens (tertiary/aromatic N) is 2. The van der Waals surface area contributed by atoms with Gasteiger partial charge in [-0.15, -0.1) is 0 Å². The van der Waals surface area contributed by atoms with Crippen LogP contribution < -0.4 is 0 Å². The van der Waals surface area contributed by atoms with E-state index in [-0.39, 0.29) is 5.92 Å². The molecule has 3 heteroatoms. The molecule has 1 amide bonds. The number of piperidine rings is 1. The average molecular weight is 206 g/mol. The fourth-order valence-electron chi connectivity index (χ4n) is 3.13. The number of amidine groups is 1. The van der Waals surface area contributed by atoms with Crippen molar-refractivity contribution in [3.63, 3.8) is 0 Å². The smallest absolute Gasteiger partial charge is 0.233 e. The van der Waals surface area contributed by atoms with E-state index in [4.69, 9.17) is 4.99 Å². The molecule has 0 N–H and O–H groups in total. The van der Waals surface area contributed by atoms with Crippen LogP contribution in [0.15, 0.2) is 4.99 Å². The minimum absolute atomic E-state index is 0.223. The first-order chi connectivity index (χ1) is 7.36. The maximum Gasteiger partial charge on any atom is 0.233 e. The van der Waals surface area contributed by atoms with E-state index < -0.39 is 0 Å². The van der Waals surface area contributed by atoms with Crippen LogP contribution in [-0.4, -0.2) is 29.2 Å². The zero-order valence-corrected chi connectivity index (χ0v) is 9.11. The first-order valence-electron chi connectivity index (χ1n) is 6.24. The van der Waals surface area contributed by atoms with Crippen LogP contribution >= 0.6 is 0 Å². The molecule has 2 unspecified atom stereocenters. The molecule has 0 aromatic rings. The summed E-state index contributed by atoms with van der Waals surface area (Å²) in [7, 11) is 0. The summed E-state index contributed by atoms with van der Waals surface area (Å²) in [4.78, 5) is 19.0. The summed E-state index contributed by atoms with van der Waals surface area (Å²) < 4.78 is 0. The quantitative estimate of drug-likeness (QED) is 0.596. The molecule has 3 rings (SSSR count). The highest BCUT2D eigenvalue weighted by Gasteiger charge is 2.39. The van der Waals surface area contributed by atoms with Gasteiger partial charge in [0.05, 0.1) is 12.0 Å².